The molecule has 2 N–H and O–H groups in total. The number of rotatable bonds is 5. The lowest BCUT2D eigenvalue weighted by molar-refractivity contribution is -0.131. The second-order valence-electron chi connectivity index (χ2n) is 3.53. The standard InChI is InChI=1S/C13H15NO4/c1-3-12(15)14-10-6-4-9(5-7-13(16)17)8-11(10)18-2/h4-8H,3H2,1-2H3,(H,14,15)(H,16,17). The van der Waals surface area contributed by atoms with Gasteiger partial charge in [-0.1, -0.05) is 13.0 Å². The molecule has 0 aliphatic carbocycles. The Morgan fingerprint density at radius 2 is 2.17 bits per heavy atom. The SMILES string of the molecule is CCC(=O)Nc1ccc(C=CC(=O)O)cc1OC. The molecule has 0 saturated heterocycles. The van der Waals surface area contributed by atoms with Gasteiger partial charge in [-0.15, -0.1) is 0 Å². The third-order valence-electron chi connectivity index (χ3n) is 2.24. The van der Waals surface area contributed by atoms with E-state index in [1.54, 1.807) is 25.1 Å². The molecule has 0 unspecified atom stereocenters. The van der Waals surface area contributed by atoms with Crippen LogP contribution in [0.5, 0.6) is 5.75 Å². The lowest BCUT2D eigenvalue weighted by Crippen LogP contribution is -2.10. The maximum Gasteiger partial charge on any atom is 0.328 e. The molecule has 5 nitrogen and oxygen atoms in total. The summed E-state index contributed by atoms with van der Waals surface area (Å²) in [7, 11) is 1.49. The average Bonchev–Trinajstić information content (AvgIpc) is 2.37. The molecule has 1 aromatic carbocycles. The van der Waals surface area contributed by atoms with Crippen molar-refractivity contribution < 1.29 is 19.4 Å². The summed E-state index contributed by atoms with van der Waals surface area (Å²) >= 11 is 0. The van der Waals surface area contributed by atoms with E-state index >= 15 is 0 Å². The number of carbonyl (C=O) groups is 2. The topological polar surface area (TPSA) is 75.6 Å². The minimum absolute atomic E-state index is 0.109. The third-order valence-corrected chi connectivity index (χ3v) is 2.24. The zero-order valence-electron chi connectivity index (χ0n) is 10.3. The summed E-state index contributed by atoms with van der Waals surface area (Å²) in [6.07, 6.45) is 2.87. The molecule has 0 aliphatic rings. The highest BCUT2D eigenvalue weighted by Gasteiger charge is 2.06. The van der Waals surface area contributed by atoms with Crippen LogP contribution in [0.4, 0.5) is 5.69 Å². The minimum Gasteiger partial charge on any atom is -0.495 e. The van der Waals surface area contributed by atoms with E-state index in [-0.39, 0.29) is 5.91 Å². The first-order valence-corrected chi connectivity index (χ1v) is 5.45. The van der Waals surface area contributed by atoms with Gasteiger partial charge < -0.3 is 15.2 Å². The van der Waals surface area contributed by atoms with Gasteiger partial charge in [0.25, 0.3) is 0 Å². The Hall–Kier alpha value is -2.30. The summed E-state index contributed by atoms with van der Waals surface area (Å²) in [5, 5.41) is 11.2. The predicted octanol–water partition coefficient (Wildman–Crippen LogP) is 2.14. The number of nitrogens with one attached hydrogen (secondary N) is 1. The van der Waals surface area contributed by atoms with Gasteiger partial charge in [0.2, 0.25) is 5.91 Å². The van der Waals surface area contributed by atoms with Gasteiger partial charge in [-0.05, 0) is 23.8 Å². The van der Waals surface area contributed by atoms with Crippen molar-refractivity contribution in [3.05, 3.63) is 29.8 Å². The van der Waals surface area contributed by atoms with Crippen molar-refractivity contribution in [1.29, 1.82) is 0 Å². The molecule has 0 fully saturated rings. The molecule has 0 atom stereocenters. The number of carbonyl (C=O) groups excluding carboxylic acids is 1. The summed E-state index contributed by atoms with van der Waals surface area (Å²) in [6, 6.07) is 5.03. The molecule has 0 spiro atoms. The highest BCUT2D eigenvalue weighted by atomic mass is 16.5. The Balaban J connectivity index is 2.96. The van der Waals surface area contributed by atoms with E-state index in [2.05, 4.69) is 5.32 Å². The van der Waals surface area contributed by atoms with Crippen molar-refractivity contribution >= 4 is 23.6 Å². The molecule has 5 heteroatoms. The van der Waals surface area contributed by atoms with Crippen LogP contribution in [-0.2, 0) is 9.59 Å². The van der Waals surface area contributed by atoms with Crippen LogP contribution in [0.1, 0.15) is 18.9 Å². The molecule has 0 aromatic heterocycles. The Bertz CT molecular complexity index is 480. The largest absolute Gasteiger partial charge is 0.495 e. The van der Waals surface area contributed by atoms with Crippen LogP contribution in [0.2, 0.25) is 0 Å². The molecule has 0 aliphatic heterocycles. The van der Waals surface area contributed by atoms with Crippen LogP contribution in [-0.4, -0.2) is 24.1 Å². The Morgan fingerprint density at radius 1 is 1.44 bits per heavy atom. The number of anilines is 1. The number of amides is 1. The predicted molar refractivity (Wildman–Crippen MR) is 68.6 cm³/mol. The van der Waals surface area contributed by atoms with Crippen molar-refractivity contribution in [3.8, 4) is 5.75 Å². The van der Waals surface area contributed by atoms with Crippen LogP contribution in [0, 0.1) is 0 Å². The van der Waals surface area contributed by atoms with E-state index in [0.717, 1.165) is 6.08 Å². The summed E-state index contributed by atoms with van der Waals surface area (Å²) < 4.78 is 5.14. The van der Waals surface area contributed by atoms with Crippen LogP contribution in [0.25, 0.3) is 6.08 Å². The fraction of sp³-hybridized carbons (Fsp3) is 0.231. The number of hydrogen-bond acceptors (Lipinski definition) is 3. The maximum atomic E-state index is 11.3. The number of benzene rings is 1. The quantitative estimate of drug-likeness (QED) is 0.784. The molecule has 96 valence electrons. The first-order valence-electron chi connectivity index (χ1n) is 5.45. The van der Waals surface area contributed by atoms with Gasteiger partial charge in [0.1, 0.15) is 5.75 Å². The smallest absolute Gasteiger partial charge is 0.328 e. The van der Waals surface area contributed by atoms with Crippen molar-refractivity contribution in [2.24, 2.45) is 0 Å². The van der Waals surface area contributed by atoms with Gasteiger partial charge in [-0.3, -0.25) is 4.79 Å². The molecule has 1 amide bonds. The molecule has 0 bridgehead atoms. The molecular weight excluding hydrogens is 234 g/mol. The zero-order valence-corrected chi connectivity index (χ0v) is 10.3. The number of methoxy groups -OCH3 is 1. The number of carboxylic acids is 1. The van der Waals surface area contributed by atoms with Crippen molar-refractivity contribution in [2.75, 3.05) is 12.4 Å². The number of ether oxygens (including phenoxy) is 1. The number of hydrogen-bond donors (Lipinski definition) is 2. The van der Waals surface area contributed by atoms with Gasteiger partial charge in [-0.2, -0.15) is 0 Å². The minimum atomic E-state index is -1.02. The summed E-state index contributed by atoms with van der Waals surface area (Å²) in [5.74, 6) is -0.635. The number of carboxylic acid groups (broad SMARTS) is 1. The van der Waals surface area contributed by atoms with E-state index in [9.17, 15) is 9.59 Å². The molecule has 1 rings (SSSR count). The van der Waals surface area contributed by atoms with Gasteiger partial charge in [0.05, 0.1) is 12.8 Å². The Labute approximate surface area is 105 Å². The normalized spacial score (nSPS) is 10.3. The van der Waals surface area contributed by atoms with Gasteiger partial charge in [-0.25, -0.2) is 4.79 Å². The van der Waals surface area contributed by atoms with Crippen molar-refractivity contribution in [1.82, 2.24) is 0 Å². The second kappa shape index (κ2) is 6.44. The van der Waals surface area contributed by atoms with Gasteiger partial charge in [0.15, 0.2) is 0 Å². The summed E-state index contributed by atoms with van der Waals surface area (Å²) in [4.78, 5) is 21.7. The maximum absolute atomic E-state index is 11.3. The van der Waals surface area contributed by atoms with Crippen molar-refractivity contribution in [2.45, 2.75) is 13.3 Å². The molecule has 1 aromatic rings. The Kier molecular flexibility index (Phi) is 4.92. The lowest BCUT2D eigenvalue weighted by atomic mass is 10.1. The molecule has 18 heavy (non-hydrogen) atoms. The molecule has 0 heterocycles. The average molecular weight is 249 g/mol. The van der Waals surface area contributed by atoms with E-state index < -0.39 is 5.97 Å². The van der Waals surface area contributed by atoms with Gasteiger partial charge in [0, 0.05) is 12.5 Å². The summed E-state index contributed by atoms with van der Waals surface area (Å²) in [6.45, 7) is 1.76. The second-order valence-corrected chi connectivity index (χ2v) is 3.53. The fourth-order valence-corrected chi connectivity index (χ4v) is 1.32. The highest BCUT2D eigenvalue weighted by Crippen LogP contribution is 2.26. The Morgan fingerprint density at radius 3 is 2.72 bits per heavy atom. The lowest BCUT2D eigenvalue weighted by Gasteiger charge is -2.10. The fourth-order valence-electron chi connectivity index (χ4n) is 1.32. The van der Waals surface area contributed by atoms with Crippen LogP contribution in [0.15, 0.2) is 24.3 Å². The van der Waals surface area contributed by atoms with E-state index in [1.807, 2.05) is 0 Å². The monoisotopic (exact) mass is 249 g/mol. The molecule has 0 saturated carbocycles. The molecular formula is C13H15NO4. The summed E-state index contributed by atoms with van der Waals surface area (Å²) in [5.41, 5.74) is 1.25. The van der Waals surface area contributed by atoms with E-state index in [0.29, 0.717) is 23.4 Å². The first-order chi connectivity index (χ1) is 8.56. The van der Waals surface area contributed by atoms with Crippen LogP contribution < -0.4 is 10.1 Å². The third kappa shape index (κ3) is 3.93. The molecule has 0 radical (unpaired) electrons. The van der Waals surface area contributed by atoms with Gasteiger partial charge >= 0.3 is 5.97 Å². The van der Waals surface area contributed by atoms with E-state index in [1.165, 1.54) is 13.2 Å². The number of aliphatic carboxylic acids is 1. The van der Waals surface area contributed by atoms with Crippen LogP contribution >= 0.6 is 0 Å². The highest BCUT2D eigenvalue weighted by molar-refractivity contribution is 5.92. The van der Waals surface area contributed by atoms with Crippen LogP contribution in [0.3, 0.4) is 0 Å². The van der Waals surface area contributed by atoms with E-state index in [4.69, 9.17) is 9.84 Å². The zero-order chi connectivity index (χ0) is 13.5. The van der Waals surface area contributed by atoms with Crippen molar-refractivity contribution in [3.63, 3.8) is 0 Å². The first kappa shape index (κ1) is 13.8.